The molecule has 0 fully saturated rings. The number of rotatable bonds is 7. The number of aliphatic hydroxyl groups excluding tert-OH is 1. The molecule has 0 aliphatic heterocycles. The molecule has 2 atom stereocenters. The molecule has 2 rings (SSSR count). The number of aliphatic hydroxyl groups is 1. The summed E-state index contributed by atoms with van der Waals surface area (Å²) in [6, 6.07) is 7.32. The van der Waals surface area contributed by atoms with E-state index in [1.54, 1.807) is 19.1 Å². The smallest absolute Gasteiger partial charge is 0.226 e. The van der Waals surface area contributed by atoms with Crippen molar-refractivity contribution >= 4 is 40.6 Å². The van der Waals surface area contributed by atoms with Crippen molar-refractivity contribution in [2.45, 2.75) is 26.4 Å². The summed E-state index contributed by atoms with van der Waals surface area (Å²) in [6.45, 7) is 10.1. The third-order valence-electron chi connectivity index (χ3n) is 4.65. The van der Waals surface area contributed by atoms with Crippen LogP contribution in [0.2, 0.25) is 10.0 Å². The molecular weight excluding hydrogens is 415 g/mol. The Balaban J connectivity index is 2.10. The molecule has 0 aromatic heterocycles. The Morgan fingerprint density at radius 2 is 1.93 bits per heavy atom. The summed E-state index contributed by atoms with van der Waals surface area (Å²) in [5, 5.41) is 22.4. The molecule has 0 bridgehead atoms. The number of halogens is 2. The van der Waals surface area contributed by atoms with E-state index >= 15 is 0 Å². The van der Waals surface area contributed by atoms with Crippen molar-refractivity contribution < 1.29 is 19.8 Å². The number of nitrogens with zero attached hydrogens (tertiary/aromatic N) is 1. The number of Topliss-reactive ketones (excluding diaryl/α,β-unsaturated/α-hetero) is 1. The van der Waals surface area contributed by atoms with E-state index in [1.165, 1.54) is 25.1 Å². The highest BCUT2D eigenvalue weighted by molar-refractivity contribution is 6.34. The minimum absolute atomic E-state index is 0.0410. The van der Waals surface area contributed by atoms with E-state index < -0.39 is 17.9 Å². The van der Waals surface area contributed by atoms with Crippen LogP contribution in [-0.4, -0.2) is 34.6 Å². The lowest BCUT2D eigenvalue weighted by Crippen LogP contribution is -2.40. The van der Waals surface area contributed by atoms with E-state index in [1.807, 2.05) is 0 Å². The van der Waals surface area contributed by atoms with Gasteiger partial charge in [0.15, 0.2) is 5.78 Å². The quantitative estimate of drug-likeness (QED) is 0.451. The predicted molar refractivity (Wildman–Crippen MR) is 112 cm³/mol. The first-order valence-corrected chi connectivity index (χ1v) is 9.54. The molecule has 0 saturated heterocycles. The normalized spacial score (nSPS) is 12.7. The van der Waals surface area contributed by atoms with E-state index in [2.05, 4.69) is 10.2 Å². The van der Waals surface area contributed by atoms with Gasteiger partial charge in [-0.25, -0.2) is 4.85 Å². The molecule has 2 aromatic rings. The minimum Gasteiger partial charge on any atom is -0.506 e. The van der Waals surface area contributed by atoms with Crippen molar-refractivity contribution in [1.82, 2.24) is 5.32 Å². The second-order valence-electron chi connectivity index (χ2n) is 6.65. The number of phenols is 1. The van der Waals surface area contributed by atoms with Crippen LogP contribution in [0.5, 0.6) is 5.75 Å². The van der Waals surface area contributed by atoms with E-state index in [0.29, 0.717) is 16.3 Å². The summed E-state index contributed by atoms with van der Waals surface area (Å²) in [5.41, 5.74) is 1.98. The van der Waals surface area contributed by atoms with Crippen LogP contribution in [0.3, 0.4) is 0 Å². The molecule has 152 valence electrons. The van der Waals surface area contributed by atoms with Gasteiger partial charge in [-0.05, 0) is 49.6 Å². The summed E-state index contributed by atoms with van der Waals surface area (Å²) < 4.78 is 0. The molecule has 0 saturated carbocycles. The van der Waals surface area contributed by atoms with Crippen LogP contribution in [0.1, 0.15) is 28.4 Å². The number of amides is 1. The maximum atomic E-state index is 12.6. The fourth-order valence-corrected chi connectivity index (χ4v) is 3.23. The first-order chi connectivity index (χ1) is 13.6. The second kappa shape index (κ2) is 9.75. The van der Waals surface area contributed by atoms with Crippen molar-refractivity contribution in [1.29, 1.82) is 0 Å². The highest BCUT2D eigenvalue weighted by Crippen LogP contribution is 2.32. The van der Waals surface area contributed by atoms with Gasteiger partial charge in [-0.2, -0.15) is 0 Å². The number of hydrogen-bond donors (Lipinski definition) is 3. The minimum atomic E-state index is -0.966. The van der Waals surface area contributed by atoms with Gasteiger partial charge in [0, 0.05) is 5.56 Å². The molecule has 0 aliphatic carbocycles. The molecule has 0 spiro atoms. The molecule has 0 aliphatic rings. The van der Waals surface area contributed by atoms with Gasteiger partial charge in [0.1, 0.15) is 5.75 Å². The van der Waals surface area contributed by atoms with Crippen LogP contribution >= 0.6 is 23.2 Å². The van der Waals surface area contributed by atoms with Gasteiger partial charge in [0.2, 0.25) is 11.6 Å². The van der Waals surface area contributed by atoms with E-state index in [-0.39, 0.29) is 35.1 Å². The number of aromatic hydroxyl groups is 1. The van der Waals surface area contributed by atoms with Crippen LogP contribution in [0.4, 0.5) is 5.69 Å². The largest absolute Gasteiger partial charge is 0.506 e. The van der Waals surface area contributed by atoms with Gasteiger partial charge in [0.25, 0.3) is 0 Å². The van der Waals surface area contributed by atoms with Crippen LogP contribution in [0.25, 0.3) is 4.85 Å². The number of carbonyl (C=O) groups is 2. The average molecular weight is 435 g/mol. The Kier molecular flexibility index (Phi) is 7.63. The number of hydrogen-bond acceptors (Lipinski definition) is 4. The van der Waals surface area contributed by atoms with Crippen molar-refractivity contribution in [2.75, 3.05) is 6.54 Å². The maximum Gasteiger partial charge on any atom is 0.226 e. The van der Waals surface area contributed by atoms with E-state index in [4.69, 9.17) is 29.8 Å². The molecule has 1 amide bonds. The lowest BCUT2D eigenvalue weighted by molar-refractivity contribution is -0.127. The molecule has 0 unspecified atom stereocenters. The molecule has 3 N–H and O–H groups in total. The van der Waals surface area contributed by atoms with Gasteiger partial charge in [-0.15, -0.1) is 0 Å². The summed E-state index contributed by atoms with van der Waals surface area (Å²) in [4.78, 5) is 28.2. The topological polar surface area (TPSA) is 91.0 Å². The highest BCUT2D eigenvalue weighted by Gasteiger charge is 2.26. The van der Waals surface area contributed by atoms with Crippen molar-refractivity contribution in [3.05, 3.63) is 68.5 Å². The summed E-state index contributed by atoms with van der Waals surface area (Å²) in [5.74, 6) is -1.81. The van der Waals surface area contributed by atoms with Gasteiger partial charge in [-0.3, -0.25) is 9.59 Å². The fourth-order valence-electron chi connectivity index (χ4n) is 2.82. The standard InChI is InChI=1S/C21H20Cl2N2O4/c1-11-13(4-6-17(24-3)20(11)23)8-15(12(2)26)21(29)25-10-19(28)14-5-7-18(27)16(22)9-14/h4-7,9,12,15,26-27H,8,10H2,1-2H3,(H,25,29)/t12-,15-/m1/s1. The monoisotopic (exact) mass is 434 g/mol. The van der Waals surface area contributed by atoms with Crippen LogP contribution in [0, 0.1) is 19.4 Å². The van der Waals surface area contributed by atoms with Gasteiger partial charge in [0.05, 0.1) is 35.2 Å². The van der Waals surface area contributed by atoms with Crippen LogP contribution < -0.4 is 5.32 Å². The Morgan fingerprint density at radius 3 is 2.52 bits per heavy atom. The number of benzene rings is 2. The van der Waals surface area contributed by atoms with E-state index in [0.717, 1.165) is 5.56 Å². The molecular formula is C21H20Cl2N2O4. The van der Waals surface area contributed by atoms with Gasteiger partial charge >= 0.3 is 0 Å². The molecule has 8 heteroatoms. The second-order valence-corrected chi connectivity index (χ2v) is 7.44. The van der Waals surface area contributed by atoms with Crippen LogP contribution in [-0.2, 0) is 11.2 Å². The number of ketones is 1. The Labute approximate surface area is 178 Å². The Bertz CT molecular complexity index is 983. The molecule has 6 nitrogen and oxygen atoms in total. The first kappa shape index (κ1) is 22.7. The molecule has 0 heterocycles. The number of carbonyl (C=O) groups excluding carboxylic acids is 2. The molecule has 0 radical (unpaired) electrons. The lowest BCUT2D eigenvalue weighted by atomic mass is 9.91. The van der Waals surface area contributed by atoms with Crippen molar-refractivity contribution in [2.24, 2.45) is 5.92 Å². The first-order valence-electron chi connectivity index (χ1n) is 8.78. The Morgan fingerprint density at radius 1 is 1.24 bits per heavy atom. The maximum absolute atomic E-state index is 12.6. The molecule has 29 heavy (non-hydrogen) atoms. The van der Waals surface area contributed by atoms with Gasteiger partial charge in [-0.1, -0.05) is 35.3 Å². The summed E-state index contributed by atoms with van der Waals surface area (Å²) in [7, 11) is 0. The fraction of sp³-hybridized carbons (Fsp3) is 0.286. The zero-order valence-corrected chi connectivity index (χ0v) is 17.4. The number of nitrogens with one attached hydrogen (secondary N) is 1. The molecule has 2 aromatic carbocycles. The van der Waals surface area contributed by atoms with Crippen molar-refractivity contribution in [3.8, 4) is 5.75 Å². The third-order valence-corrected chi connectivity index (χ3v) is 5.43. The zero-order valence-electron chi connectivity index (χ0n) is 15.9. The Hall–Kier alpha value is -2.59. The SMILES string of the molecule is [C-]#[N+]c1ccc(C[C@@H](C(=O)NCC(=O)c2ccc(O)c(Cl)c2)[C@@H](C)O)c(C)c1Cl. The summed E-state index contributed by atoms with van der Waals surface area (Å²) >= 11 is 12.0. The van der Waals surface area contributed by atoms with Crippen molar-refractivity contribution in [3.63, 3.8) is 0 Å². The average Bonchev–Trinajstić information content (AvgIpc) is 2.68. The zero-order chi connectivity index (χ0) is 21.7. The van der Waals surface area contributed by atoms with Gasteiger partial charge < -0.3 is 15.5 Å². The third kappa shape index (κ3) is 5.48. The van der Waals surface area contributed by atoms with Crippen LogP contribution in [0.15, 0.2) is 30.3 Å². The predicted octanol–water partition coefficient (Wildman–Crippen LogP) is 4.10. The summed E-state index contributed by atoms with van der Waals surface area (Å²) in [6.07, 6.45) is -0.765. The number of phenolic OH excluding ortho intramolecular Hbond substituents is 1. The van der Waals surface area contributed by atoms with E-state index in [9.17, 15) is 19.8 Å². The highest BCUT2D eigenvalue weighted by atomic mass is 35.5. The lowest BCUT2D eigenvalue weighted by Gasteiger charge is -2.21.